The highest BCUT2D eigenvalue weighted by Crippen LogP contribution is 2.23. The Morgan fingerprint density at radius 1 is 1.42 bits per heavy atom. The van der Waals surface area contributed by atoms with Gasteiger partial charge in [-0.15, -0.1) is 0 Å². The molecule has 0 saturated carbocycles. The van der Waals surface area contributed by atoms with E-state index in [4.69, 9.17) is 4.74 Å². The molecule has 3 rings (SSSR count). The van der Waals surface area contributed by atoms with Gasteiger partial charge in [0.05, 0.1) is 12.2 Å². The summed E-state index contributed by atoms with van der Waals surface area (Å²) in [6, 6.07) is 3.77. The van der Waals surface area contributed by atoms with Crippen molar-refractivity contribution in [3.8, 4) is 5.75 Å². The normalized spacial score (nSPS) is 19.1. The zero-order valence-corrected chi connectivity index (χ0v) is 14.3. The molecule has 1 fully saturated rings. The van der Waals surface area contributed by atoms with Crippen LogP contribution in [0.3, 0.4) is 0 Å². The van der Waals surface area contributed by atoms with Crippen LogP contribution in [0.2, 0.25) is 0 Å². The van der Waals surface area contributed by atoms with Crippen molar-refractivity contribution in [1.82, 2.24) is 24.6 Å². The van der Waals surface area contributed by atoms with Gasteiger partial charge >= 0.3 is 0 Å². The fourth-order valence-corrected chi connectivity index (χ4v) is 3.16. The van der Waals surface area contributed by atoms with Gasteiger partial charge in [-0.3, -0.25) is 9.78 Å². The van der Waals surface area contributed by atoms with Gasteiger partial charge in [0.25, 0.3) is 5.91 Å². The van der Waals surface area contributed by atoms with Gasteiger partial charge in [-0.05, 0) is 45.7 Å². The van der Waals surface area contributed by atoms with E-state index in [1.807, 2.05) is 23.4 Å². The fourth-order valence-electron chi connectivity index (χ4n) is 3.16. The predicted molar refractivity (Wildman–Crippen MR) is 88.7 cm³/mol. The lowest BCUT2D eigenvalue weighted by atomic mass is 10.1. The third-order valence-electron chi connectivity index (χ3n) is 4.26. The Hall–Kier alpha value is -2.44. The van der Waals surface area contributed by atoms with Crippen molar-refractivity contribution in [2.24, 2.45) is 0 Å². The summed E-state index contributed by atoms with van der Waals surface area (Å²) >= 11 is 0. The van der Waals surface area contributed by atoms with E-state index in [0.717, 1.165) is 31.0 Å². The minimum Gasteiger partial charge on any atom is -0.479 e. The smallest absolute Gasteiger partial charge is 0.263 e. The molecule has 0 radical (unpaired) electrons. The Morgan fingerprint density at radius 3 is 2.92 bits per heavy atom. The van der Waals surface area contributed by atoms with E-state index in [9.17, 15) is 4.79 Å². The molecule has 24 heavy (non-hydrogen) atoms. The number of piperidine rings is 1. The van der Waals surface area contributed by atoms with Crippen LogP contribution >= 0.6 is 0 Å². The van der Waals surface area contributed by atoms with Crippen LogP contribution in [0.25, 0.3) is 0 Å². The van der Waals surface area contributed by atoms with Gasteiger partial charge in [0, 0.05) is 19.3 Å². The minimum atomic E-state index is -0.536. The van der Waals surface area contributed by atoms with Crippen molar-refractivity contribution in [3.05, 3.63) is 36.2 Å². The van der Waals surface area contributed by atoms with Gasteiger partial charge in [-0.25, -0.2) is 9.67 Å². The summed E-state index contributed by atoms with van der Waals surface area (Å²) in [6.45, 7) is 7.02. The van der Waals surface area contributed by atoms with E-state index in [1.165, 1.54) is 0 Å². The molecule has 2 aromatic rings. The topological polar surface area (TPSA) is 73.1 Å². The molecular formula is C17H23N5O2. The number of hydrogen-bond acceptors (Lipinski definition) is 5. The number of pyridine rings is 1. The number of ether oxygens (including phenoxy) is 1. The van der Waals surface area contributed by atoms with Gasteiger partial charge in [0.15, 0.2) is 6.10 Å². The third-order valence-corrected chi connectivity index (χ3v) is 4.26. The lowest BCUT2D eigenvalue weighted by Gasteiger charge is -2.34. The van der Waals surface area contributed by atoms with E-state index in [2.05, 4.69) is 15.1 Å². The number of aromatic nitrogens is 4. The molecule has 7 heteroatoms. The number of aryl methyl sites for hydroxylation is 2. The van der Waals surface area contributed by atoms with Gasteiger partial charge in [-0.2, -0.15) is 5.10 Å². The first kappa shape index (κ1) is 16.4. The van der Waals surface area contributed by atoms with E-state index >= 15 is 0 Å². The van der Waals surface area contributed by atoms with Crippen LogP contribution in [0.1, 0.15) is 37.5 Å². The zero-order valence-electron chi connectivity index (χ0n) is 14.3. The van der Waals surface area contributed by atoms with Gasteiger partial charge < -0.3 is 9.64 Å². The highest BCUT2D eigenvalue weighted by atomic mass is 16.5. The van der Waals surface area contributed by atoms with Crippen LogP contribution in [0, 0.1) is 13.8 Å². The SMILES string of the molecule is Cc1nc(C)n([C@@H]2CCCN(C(=O)[C@@H](C)Oc3cccnc3)C2)n1. The highest BCUT2D eigenvalue weighted by Gasteiger charge is 2.29. The zero-order chi connectivity index (χ0) is 17.1. The summed E-state index contributed by atoms with van der Waals surface area (Å²) in [6.07, 6.45) is 4.72. The molecule has 0 bridgehead atoms. The van der Waals surface area contributed by atoms with Crippen LogP contribution in [0.15, 0.2) is 24.5 Å². The molecule has 0 aliphatic carbocycles. The Balaban J connectivity index is 1.65. The Bertz CT molecular complexity index is 700. The number of nitrogens with zero attached hydrogens (tertiary/aromatic N) is 5. The summed E-state index contributed by atoms with van der Waals surface area (Å²) < 4.78 is 7.66. The van der Waals surface area contributed by atoms with Crippen LogP contribution in [-0.4, -0.2) is 49.7 Å². The van der Waals surface area contributed by atoms with E-state index in [0.29, 0.717) is 12.3 Å². The van der Waals surface area contributed by atoms with Crippen LogP contribution in [0.4, 0.5) is 0 Å². The molecule has 2 atom stereocenters. The summed E-state index contributed by atoms with van der Waals surface area (Å²) in [4.78, 5) is 22.9. The molecule has 1 amide bonds. The Labute approximate surface area is 141 Å². The second kappa shape index (κ2) is 6.98. The van der Waals surface area contributed by atoms with Crippen molar-refractivity contribution in [3.63, 3.8) is 0 Å². The lowest BCUT2D eigenvalue weighted by molar-refractivity contribution is -0.139. The average molecular weight is 329 g/mol. The largest absolute Gasteiger partial charge is 0.479 e. The second-order valence-electron chi connectivity index (χ2n) is 6.18. The van der Waals surface area contributed by atoms with Gasteiger partial charge in [0.2, 0.25) is 0 Å². The monoisotopic (exact) mass is 329 g/mol. The molecule has 1 aliphatic rings. The average Bonchev–Trinajstić information content (AvgIpc) is 2.93. The lowest BCUT2D eigenvalue weighted by Crippen LogP contribution is -2.46. The van der Waals surface area contributed by atoms with Gasteiger partial charge in [-0.1, -0.05) is 0 Å². The van der Waals surface area contributed by atoms with Crippen molar-refractivity contribution in [1.29, 1.82) is 0 Å². The first-order valence-corrected chi connectivity index (χ1v) is 8.30. The predicted octanol–water partition coefficient (Wildman–Crippen LogP) is 1.92. The maximum atomic E-state index is 12.7. The molecule has 7 nitrogen and oxygen atoms in total. The molecule has 3 heterocycles. The third kappa shape index (κ3) is 3.55. The summed E-state index contributed by atoms with van der Waals surface area (Å²) in [5.41, 5.74) is 0. The first-order chi connectivity index (χ1) is 11.5. The van der Waals surface area contributed by atoms with Crippen LogP contribution in [0.5, 0.6) is 5.75 Å². The molecule has 0 unspecified atom stereocenters. The molecule has 0 N–H and O–H groups in total. The number of amides is 1. The summed E-state index contributed by atoms with van der Waals surface area (Å²) in [5.74, 6) is 2.27. The molecule has 1 aliphatic heterocycles. The van der Waals surface area contributed by atoms with Crippen molar-refractivity contribution >= 4 is 5.91 Å². The number of rotatable bonds is 4. The summed E-state index contributed by atoms with van der Waals surface area (Å²) in [7, 11) is 0. The summed E-state index contributed by atoms with van der Waals surface area (Å²) in [5, 5.41) is 4.47. The number of carbonyl (C=O) groups excluding carboxylic acids is 1. The molecule has 128 valence electrons. The van der Waals surface area contributed by atoms with Crippen molar-refractivity contribution in [2.45, 2.75) is 45.8 Å². The van der Waals surface area contributed by atoms with E-state index in [-0.39, 0.29) is 11.9 Å². The molecule has 0 aromatic carbocycles. The van der Waals surface area contributed by atoms with E-state index < -0.39 is 6.10 Å². The fraction of sp³-hybridized carbons (Fsp3) is 0.529. The number of carbonyl (C=O) groups is 1. The van der Waals surface area contributed by atoms with Crippen molar-refractivity contribution < 1.29 is 9.53 Å². The van der Waals surface area contributed by atoms with E-state index in [1.54, 1.807) is 31.5 Å². The van der Waals surface area contributed by atoms with Crippen molar-refractivity contribution in [2.75, 3.05) is 13.1 Å². The van der Waals surface area contributed by atoms with Crippen LogP contribution < -0.4 is 4.74 Å². The van der Waals surface area contributed by atoms with Crippen LogP contribution in [-0.2, 0) is 4.79 Å². The maximum absolute atomic E-state index is 12.7. The quantitative estimate of drug-likeness (QED) is 0.857. The number of hydrogen-bond donors (Lipinski definition) is 0. The number of likely N-dealkylation sites (tertiary alicyclic amines) is 1. The molecular weight excluding hydrogens is 306 g/mol. The minimum absolute atomic E-state index is 0.00181. The Kier molecular flexibility index (Phi) is 4.78. The molecule has 0 spiro atoms. The Morgan fingerprint density at radius 2 is 2.25 bits per heavy atom. The first-order valence-electron chi connectivity index (χ1n) is 8.30. The standard InChI is InChI=1S/C17H23N5O2/c1-12(24-16-7-4-8-18-10-16)17(23)21-9-5-6-15(11-21)22-14(3)19-13(2)20-22/h4,7-8,10,12,15H,5-6,9,11H2,1-3H3/t12-,15-/m1/s1. The maximum Gasteiger partial charge on any atom is 0.263 e. The van der Waals surface area contributed by atoms with Gasteiger partial charge in [0.1, 0.15) is 17.4 Å². The highest BCUT2D eigenvalue weighted by molar-refractivity contribution is 5.81. The second-order valence-corrected chi connectivity index (χ2v) is 6.18. The molecule has 1 saturated heterocycles. The molecule has 2 aromatic heterocycles.